The minimum absolute atomic E-state index is 0.0306. The molecule has 1 aromatic carbocycles. The first-order valence-electron chi connectivity index (χ1n) is 4.08. The van der Waals surface area contributed by atoms with Gasteiger partial charge in [0.2, 0.25) is 0 Å². The van der Waals surface area contributed by atoms with Crippen LogP contribution in [-0.4, -0.2) is 5.11 Å². The molecule has 0 aliphatic heterocycles. The average Bonchev–Trinajstić information content (AvgIpc) is 1.99. The Bertz CT molecular complexity index is 269. The summed E-state index contributed by atoms with van der Waals surface area (Å²) in [6.45, 7) is 5.70. The molecule has 0 radical (unpaired) electrons. The molecule has 0 fully saturated rings. The monoisotopic (exact) mass is 165 g/mol. The predicted molar refractivity (Wildman–Crippen MR) is 50.2 cm³/mol. The van der Waals surface area contributed by atoms with Gasteiger partial charge in [0, 0.05) is 6.04 Å². The van der Waals surface area contributed by atoms with Gasteiger partial charge in [0.25, 0.3) is 0 Å². The molecule has 1 aromatic rings. The quantitative estimate of drug-likeness (QED) is 0.668. The minimum Gasteiger partial charge on any atom is -0.507 e. The van der Waals surface area contributed by atoms with E-state index in [1.165, 1.54) is 0 Å². The molecule has 0 bridgehead atoms. The molecule has 66 valence electrons. The van der Waals surface area contributed by atoms with Crippen LogP contribution >= 0.6 is 0 Å². The zero-order valence-corrected chi connectivity index (χ0v) is 7.76. The van der Waals surface area contributed by atoms with E-state index in [2.05, 4.69) is 0 Å². The Labute approximate surface area is 73.0 Å². The third-order valence-electron chi connectivity index (χ3n) is 2.04. The fourth-order valence-electron chi connectivity index (χ4n) is 1.25. The Kier molecular flexibility index (Phi) is 2.38. The van der Waals surface area contributed by atoms with Gasteiger partial charge < -0.3 is 10.8 Å². The number of aromatic hydroxyl groups is 1. The van der Waals surface area contributed by atoms with E-state index >= 15 is 0 Å². The number of phenols is 1. The maximum absolute atomic E-state index is 9.47. The highest BCUT2D eigenvalue weighted by Gasteiger charge is 2.05. The van der Waals surface area contributed by atoms with Crippen molar-refractivity contribution in [3.8, 4) is 5.75 Å². The molecule has 0 saturated heterocycles. The summed E-state index contributed by atoms with van der Waals surface area (Å²) in [4.78, 5) is 0. The number of hydrogen-bond acceptors (Lipinski definition) is 2. The third kappa shape index (κ3) is 1.59. The molecule has 2 heteroatoms. The molecule has 0 spiro atoms. The second-order valence-electron chi connectivity index (χ2n) is 3.29. The van der Waals surface area contributed by atoms with E-state index in [-0.39, 0.29) is 6.04 Å². The van der Waals surface area contributed by atoms with Crippen LogP contribution in [0, 0.1) is 13.8 Å². The first-order chi connectivity index (χ1) is 5.52. The number of aryl methyl sites for hydroxylation is 2. The summed E-state index contributed by atoms with van der Waals surface area (Å²) in [6, 6.07) is 3.88. The number of rotatable bonds is 1. The molecule has 0 saturated carbocycles. The number of benzene rings is 1. The van der Waals surface area contributed by atoms with Crippen molar-refractivity contribution in [2.75, 3.05) is 0 Å². The van der Waals surface area contributed by atoms with Gasteiger partial charge in [0.05, 0.1) is 0 Å². The van der Waals surface area contributed by atoms with Crippen LogP contribution in [0.15, 0.2) is 12.1 Å². The molecule has 0 aliphatic rings. The van der Waals surface area contributed by atoms with Crippen molar-refractivity contribution in [1.29, 1.82) is 0 Å². The molecular weight excluding hydrogens is 150 g/mol. The van der Waals surface area contributed by atoms with Crippen molar-refractivity contribution < 1.29 is 5.11 Å². The van der Waals surface area contributed by atoms with Crippen molar-refractivity contribution >= 4 is 0 Å². The van der Waals surface area contributed by atoms with Gasteiger partial charge in [-0.3, -0.25) is 0 Å². The van der Waals surface area contributed by atoms with E-state index < -0.39 is 0 Å². The SMILES string of the molecule is Cc1cc(C(C)N)cc(C)c1O. The van der Waals surface area contributed by atoms with Crippen LogP contribution in [0.1, 0.15) is 29.7 Å². The van der Waals surface area contributed by atoms with Crippen LogP contribution < -0.4 is 5.73 Å². The van der Waals surface area contributed by atoms with Crippen LogP contribution in [0.3, 0.4) is 0 Å². The summed E-state index contributed by atoms with van der Waals surface area (Å²) >= 11 is 0. The summed E-state index contributed by atoms with van der Waals surface area (Å²) in [5, 5.41) is 9.47. The molecule has 0 aliphatic carbocycles. The Morgan fingerprint density at radius 1 is 1.25 bits per heavy atom. The zero-order valence-electron chi connectivity index (χ0n) is 7.76. The molecule has 1 atom stereocenters. The lowest BCUT2D eigenvalue weighted by atomic mass is 10.0. The van der Waals surface area contributed by atoms with Crippen LogP contribution in [0.5, 0.6) is 5.75 Å². The molecule has 0 heterocycles. The maximum atomic E-state index is 9.47. The number of hydrogen-bond donors (Lipinski definition) is 2. The van der Waals surface area contributed by atoms with Gasteiger partial charge in [-0.05, 0) is 37.5 Å². The van der Waals surface area contributed by atoms with Gasteiger partial charge in [0.15, 0.2) is 0 Å². The smallest absolute Gasteiger partial charge is 0.121 e. The van der Waals surface area contributed by atoms with Gasteiger partial charge in [-0.15, -0.1) is 0 Å². The summed E-state index contributed by atoms with van der Waals surface area (Å²) in [6.07, 6.45) is 0. The van der Waals surface area contributed by atoms with E-state index in [4.69, 9.17) is 5.73 Å². The standard InChI is InChI=1S/C10H15NO/c1-6-4-9(8(3)11)5-7(2)10(6)12/h4-5,8,12H,11H2,1-3H3. The molecular formula is C10H15NO. The zero-order chi connectivity index (χ0) is 9.30. The second kappa shape index (κ2) is 3.15. The Hall–Kier alpha value is -1.02. The van der Waals surface area contributed by atoms with Gasteiger partial charge in [-0.1, -0.05) is 12.1 Å². The molecule has 1 unspecified atom stereocenters. The highest BCUT2D eigenvalue weighted by Crippen LogP contribution is 2.24. The first-order valence-corrected chi connectivity index (χ1v) is 4.08. The Balaban J connectivity index is 3.21. The molecule has 0 amide bonds. The first kappa shape index (κ1) is 9.07. The topological polar surface area (TPSA) is 46.2 Å². The Morgan fingerprint density at radius 2 is 1.67 bits per heavy atom. The lowest BCUT2D eigenvalue weighted by molar-refractivity contribution is 0.466. The lowest BCUT2D eigenvalue weighted by Crippen LogP contribution is -2.05. The molecule has 1 rings (SSSR count). The van der Waals surface area contributed by atoms with Gasteiger partial charge in [-0.2, -0.15) is 0 Å². The van der Waals surface area contributed by atoms with Gasteiger partial charge in [-0.25, -0.2) is 0 Å². The van der Waals surface area contributed by atoms with Gasteiger partial charge >= 0.3 is 0 Å². The van der Waals surface area contributed by atoms with E-state index in [1.54, 1.807) is 0 Å². The largest absolute Gasteiger partial charge is 0.507 e. The molecule has 2 nitrogen and oxygen atoms in total. The van der Waals surface area contributed by atoms with Crippen LogP contribution in [0.2, 0.25) is 0 Å². The average molecular weight is 165 g/mol. The van der Waals surface area contributed by atoms with E-state index in [0.717, 1.165) is 16.7 Å². The highest BCUT2D eigenvalue weighted by atomic mass is 16.3. The number of nitrogens with two attached hydrogens (primary N) is 1. The van der Waals surface area contributed by atoms with Crippen molar-refractivity contribution in [2.24, 2.45) is 5.73 Å². The van der Waals surface area contributed by atoms with Crippen molar-refractivity contribution in [3.05, 3.63) is 28.8 Å². The molecule has 12 heavy (non-hydrogen) atoms. The summed E-state index contributed by atoms with van der Waals surface area (Å²) in [5.74, 6) is 0.374. The van der Waals surface area contributed by atoms with Crippen LogP contribution in [0.4, 0.5) is 0 Å². The number of phenolic OH excluding ortho intramolecular Hbond substituents is 1. The van der Waals surface area contributed by atoms with E-state index in [1.807, 2.05) is 32.9 Å². The van der Waals surface area contributed by atoms with E-state index in [9.17, 15) is 5.11 Å². The van der Waals surface area contributed by atoms with Gasteiger partial charge in [0.1, 0.15) is 5.75 Å². The fourth-order valence-corrected chi connectivity index (χ4v) is 1.25. The molecule has 0 aromatic heterocycles. The molecule has 3 N–H and O–H groups in total. The normalized spacial score (nSPS) is 13.0. The van der Waals surface area contributed by atoms with Crippen LogP contribution in [-0.2, 0) is 0 Å². The maximum Gasteiger partial charge on any atom is 0.121 e. The van der Waals surface area contributed by atoms with Crippen molar-refractivity contribution in [1.82, 2.24) is 0 Å². The van der Waals surface area contributed by atoms with Crippen LogP contribution in [0.25, 0.3) is 0 Å². The highest BCUT2D eigenvalue weighted by molar-refractivity contribution is 5.42. The summed E-state index contributed by atoms with van der Waals surface area (Å²) < 4.78 is 0. The summed E-state index contributed by atoms with van der Waals surface area (Å²) in [7, 11) is 0. The lowest BCUT2D eigenvalue weighted by Gasteiger charge is -2.10. The van der Waals surface area contributed by atoms with E-state index in [0.29, 0.717) is 5.75 Å². The Morgan fingerprint density at radius 3 is 2.00 bits per heavy atom. The third-order valence-corrected chi connectivity index (χ3v) is 2.04. The predicted octanol–water partition coefficient (Wildman–Crippen LogP) is 2.03. The minimum atomic E-state index is 0.0306. The van der Waals surface area contributed by atoms with Crippen molar-refractivity contribution in [2.45, 2.75) is 26.8 Å². The van der Waals surface area contributed by atoms with Crippen molar-refractivity contribution in [3.63, 3.8) is 0 Å². The second-order valence-corrected chi connectivity index (χ2v) is 3.29. The fraction of sp³-hybridized carbons (Fsp3) is 0.400. The summed E-state index contributed by atoms with van der Waals surface area (Å²) in [5.41, 5.74) is 8.57.